The van der Waals surface area contributed by atoms with E-state index in [2.05, 4.69) is 10.6 Å². The van der Waals surface area contributed by atoms with Crippen LogP contribution in [0.4, 0.5) is 10.1 Å². The molecule has 4 nitrogen and oxygen atoms in total. The Kier molecular flexibility index (Phi) is 5.50. The molecule has 0 saturated heterocycles. The fraction of sp³-hybridized carbons (Fsp3) is 0.182. The van der Waals surface area contributed by atoms with Crippen molar-refractivity contribution in [3.63, 3.8) is 0 Å². The molecule has 27 heavy (non-hydrogen) atoms. The zero-order valence-electron chi connectivity index (χ0n) is 15.3. The normalized spacial score (nSPS) is 11.8. The van der Waals surface area contributed by atoms with E-state index in [1.54, 1.807) is 26.0 Å². The number of carbonyl (C=O) groups is 2. The number of amides is 2. The van der Waals surface area contributed by atoms with Crippen LogP contribution in [0.3, 0.4) is 0 Å². The van der Waals surface area contributed by atoms with Crippen molar-refractivity contribution in [3.8, 4) is 0 Å². The number of benzene rings is 3. The van der Waals surface area contributed by atoms with E-state index in [1.807, 2.05) is 42.5 Å². The minimum atomic E-state index is -0.739. The highest BCUT2D eigenvalue weighted by molar-refractivity contribution is 5.97. The number of carbonyl (C=O) groups excluding carboxylic acids is 2. The van der Waals surface area contributed by atoms with E-state index < -0.39 is 11.9 Å². The lowest BCUT2D eigenvalue weighted by Gasteiger charge is -2.15. The standard InChI is InChI=1S/C22H21FN2O2/c1-14-10-11-18(13-20(14)23)25-22(27)15(2)24-21(26)12-17-8-5-7-16-6-3-4-9-19(16)17/h3-11,13,15H,12H2,1-2H3,(H,24,26)(H,25,27)/t15-/m0/s1. The summed E-state index contributed by atoms with van der Waals surface area (Å²) in [5.41, 5.74) is 1.77. The first kappa shape index (κ1) is 18.6. The summed E-state index contributed by atoms with van der Waals surface area (Å²) in [5, 5.41) is 7.39. The number of aryl methyl sites for hydroxylation is 1. The van der Waals surface area contributed by atoms with E-state index in [1.165, 1.54) is 6.07 Å². The van der Waals surface area contributed by atoms with Crippen molar-refractivity contribution >= 4 is 28.3 Å². The van der Waals surface area contributed by atoms with Crippen LogP contribution >= 0.6 is 0 Å². The first-order valence-corrected chi connectivity index (χ1v) is 8.77. The van der Waals surface area contributed by atoms with Gasteiger partial charge in [-0.15, -0.1) is 0 Å². The molecule has 5 heteroatoms. The molecule has 1 atom stereocenters. The number of fused-ring (bicyclic) bond motifs is 1. The van der Waals surface area contributed by atoms with E-state index in [4.69, 9.17) is 0 Å². The Morgan fingerprint density at radius 3 is 2.56 bits per heavy atom. The zero-order valence-corrected chi connectivity index (χ0v) is 15.3. The second-order valence-electron chi connectivity index (χ2n) is 6.56. The third-order valence-electron chi connectivity index (χ3n) is 4.44. The Hall–Kier alpha value is -3.21. The molecular formula is C22H21FN2O2. The molecule has 138 valence electrons. The van der Waals surface area contributed by atoms with Crippen LogP contribution in [0, 0.1) is 12.7 Å². The summed E-state index contributed by atoms with van der Waals surface area (Å²) in [4.78, 5) is 24.6. The average Bonchev–Trinajstić information content (AvgIpc) is 2.65. The molecule has 0 fully saturated rings. The number of anilines is 1. The fourth-order valence-electron chi connectivity index (χ4n) is 2.90. The summed E-state index contributed by atoms with van der Waals surface area (Å²) in [5.74, 6) is -1.03. The van der Waals surface area contributed by atoms with Crippen molar-refractivity contribution in [2.24, 2.45) is 0 Å². The topological polar surface area (TPSA) is 58.2 Å². The van der Waals surface area contributed by atoms with Gasteiger partial charge in [-0.25, -0.2) is 4.39 Å². The van der Waals surface area contributed by atoms with Crippen molar-refractivity contribution in [2.75, 3.05) is 5.32 Å². The van der Waals surface area contributed by atoms with E-state index in [0.29, 0.717) is 11.3 Å². The molecule has 0 saturated carbocycles. The minimum absolute atomic E-state index is 0.179. The van der Waals surface area contributed by atoms with Crippen molar-refractivity contribution in [1.82, 2.24) is 5.32 Å². The van der Waals surface area contributed by atoms with Crippen LogP contribution in [0.5, 0.6) is 0 Å². The molecule has 3 rings (SSSR count). The maximum Gasteiger partial charge on any atom is 0.246 e. The number of hydrogen-bond donors (Lipinski definition) is 2. The smallest absolute Gasteiger partial charge is 0.246 e. The molecule has 0 spiro atoms. The first-order chi connectivity index (χ1) is 12.9. The van der Waals surface area contributed by atoms with Gasteiger partial charge in [0.1, 0.15) is 11.9 Å². The lowest BCUT2D eigenvalue weighted by atomic mass is 10.0. The number of rotatable bonds is 5. The van der Waals surface area contributed by atoms with Crippen LogP contribution in [-0.2, 0) is 16.0 Å². The van der Waals surface area contributed by atoms with Gasteiger partial charge < -0.3 is 10.6 Å². The van der Waals surface area contributed by atoms with E-state index in [0.717, 1.165) is 16.3 Å². The van der Waals surface area contributed by atoms with Crippen LogP contribution in [0.2, 0.25) is 0 Å². The van der Waals surface area contributed by atoms with Crippen molar-refractivity contribution < 1.29 is 14.0 Å². The molecule has 0 radical (unpaired) electrons. The maximum atomic E-state index is 13.6. The Balaban J connectivity index is 1.62. The minimum Gasteiger partial charge on any atom is -0.344 e. The van der Waals surface area contributed by atoms with E-state index in [-0.39, 0.29) is 18.1 Å². The van der Waals surface area contributed by atoms with Crippen molar-refractivity contribution in [3.05, 3.63) is 77.6 Å². The van der Waals surface area contributed by atoms with Gasteiger partial charge in [0.2, 0.25) is 11.8 Å². The van der Waals surface area contributed by atoms with E-state index in [9.17, 15) is 14.0 Å². The average molecular weight is 364 g/mol. The second-order valence-corrected chi connectivity index (χ2v) is 6.56. The molecule has 3 aromatic carbocycles. The summed E-state index contributed by atoms with van der Waals surface area (Å²) in [6.07, 6.45) is 0.179. The summed E-state index contributed by atoms with van der Waals surface area (Å²) in [6.45, 7) is 3.25. The predicted octanol–water partition coefficient (Wildman–Crippen LogP) is 3.97. The Bertz CT molecular complexity index is 995. The van der Waals surface area contributed by atoms with Crippen LogP contribution in [0.15, 0.2) is 60.7 Å². The monoisotopic (exact) mass is 364 g/mol. The van der Waals surface area contributed by atoms with Crippen molar-refractivity contribution in [1.29, 1.82) is 0 Å². The molecule has 0 aliphatic carbocycles. The second kappa shape index (κ2) is 7.99. The van der Waals surface area contributed by atoms with Gasteiger partial charge in [-0.3, -0.25) is 9.59 Å². The predicted molar refractivity (Wildman–Crippen MR) is 105 cm³/mol. The molecule has 0 heterocycles. The summed E-state index contributed by atoms with van der Waals surface area (Å²) >= 11 is 0. The molecule has 0 bridgehead atoms. The highest BCUT2D eigenvalue weighted by Crippen LogP contribution is 2.19. The maximum absolute atomic E-state index is 13.6. The molecule has 0 aromatic heterocycles. The van der Waals surface area contributed by atoms with Gasteiger partial charge in [0.15, 0.2) is 0 Å². The number of nitrogens with one attached hydrogen (secondary N) is 2. The van der Waals surface area contributed by atoms with Crippen LogP contribution in [0.25, 0.3) is 10.8 Å². The van der Waals surface area contributed by atoms with Gasteiger partial charge in [0.25, 0.3) is 0 Å². The molecule has 2 amide bonds. The molecule has 0 unspecified atom stereocenters. The van der Waals surface area contributed by atoms with Gasteiger partial charge in [0.05, 0.1) is 6.42 Å². The summed E-state index contributed by atoms with van der Waals surface area (Å²) in [7, 11) is 0. The van der Waals surface area contributed by atoms with Crippen LogP contribution < -0.4 is 10.6 Å². The Labute approximate surface area is 157 Å². The van der Waals surface area contributed by atoms with Gasteiger partial charge in [-0.1, -0.05) is 48.5 Å². The van der Waals surface area contributed by atoms with Gasteiger partial charge in [-0.2, -0.15) is 0 Å². The molecule has 0 aliphatic rings. The molecule has 3 aromatic rings. The fourth-order valence-corrected chi connectivity index (χ4v) is 2.90. The Morgan fingerprint density at radius 1 is 1.04 bits per heavy atom. The highest BCUT2D eigenvalue weighted by atomic mass is 19.1. The Morgan fingerprint density at radius 2 is 1.78 bits per heavy atom. The molecular weight excluding hydrogens is 343 g/mol. The third kappa shape index (κ3) is 4.50. The van der Waals surface area contributed by atoms with E-state index >= 15 is 0 Å². The highest BCUT2D eigenvalue weighted by Gasteiger charge is 2.17. The van der Waals surface area contributed by atoms with Gasteiger partial charge >= 0.3 is 0 Å². The van der Waals surface area contributed by atoms with Crippen molar-refractivity contribution in [2.45, 2.75) is 26.3 Å². The SMILES string of the molecule is Cc1ccc(NC(=O)[C@H](C)NC(=O)Cc2cccc3ccccc23)cc1F. The lowest BCUT2D eigenvalue weighted by Crippen LogP contribution is -2.42. The number of halogens is 1. The largest absolute Gasteiger partial charge is 0.344 e. The number of hydrogen-bond acceptors (Lipinski definition) is 2. The van der Waals surface area contributed by atoms with Gasteiger partial charge in [-0.05, 0) is 47.9 Å². The lowest BCUT2D eigenvalue weighted by molar-refractivity contribution is -0.125. The first-order valence-electron chi connectivity index (χ1n) is 8.77. The third-order valence-corrected chi connectivity index (χ3v) is 4.44. The summed E-state index contributed by atoms with van der Waals surface area (Å²) < 4.78 is 13.6. The zero-order chi connectivity index (χ0) is 19.4. The molecule has 0 aliphatic heterocycles. The quantitative estimate of drug-likeness (QED) is 0.720. The van der Waals surface area contributed by atoms with Gasteiger partial charge in [0, 0.05) is 5.69 Å². The molecule has 2 N–H and O–H groups in total. The van der Waals surface area contributed by atoms with Crippen LogP contribution in [-0.4, -0.2) is 17.9 Å². The van der Waals surface area contributed by atoms with Crippen LogP contribution in [0.1, 0.15) is 18.1 Å². The summed E-state index contributed by atoms with van der Waals surface area (Å²) in [6, 6.07) is 17.4.